The molecule has 1 amide bonds. The first-order valence-electron chi connectivity index (χ1n) is 5.79. The van der Waals surface area contributed by atoms with Crippen molar-refractivity contribution < 1.29 is 9.90 Å². The van der Waals surface area contributed by atoms with Crippen molar-refractivity contribution in [3.8, 4) is 0 Å². The maximum absolute atomic E-state index is 11.9. The molecule has 4 heteroatoms. The molecule has 0 rings (SSSR count). The van der Waals surface area contributed by atoms with Gasteiger partial charge in [-0.3, -0.25) is 4.79 Å². The van der Waals surface area contributed by atoms with Crippen LogP contribution < -0.4 is 5.73 Å². The van der Waals surface area contributed by atoms with E-state index in [0.717, 1.165) is 12.8 Å². The summed E-state index contributed by atoms with van der Waals surface area (Å²) < 4.78 is 0. The van der Waals surface area contributed by atoms with E-state index in [9.17, 15) is 4.79 Å². The van der Waals surface area contributed by atoms with Gasteiger partial charge in [0.25, 0.3) is 0 Å². The fourth-order valence-corrected chi connectivity index (χ4v) is 1.70. The minimum absolute atomic E-state index is 0.00132. The predicted octanol–water partition coefficient (Wildman–Crippen LogP) is 0.733. The van der Waals surface area contributed by atoms with Crippen LogP contribution in [0.4, 0.5) is 0 Å². The van der Waals surface area contributed by atoms with Gasteiger partial charge in [0.15, 0.2) is 0 Å². The van der Waals surface area contributed by atoms with Gasteiger partial charge in [0.1, 0.15) is 0 Å². The topological polar surface area (TPSA) is 66.6 Å². The Morgan fingerprint density at radius 1 is 1.27 bits per heavy atom. The van der Waals surface area contributed by atoms with Crippen LogP contribution in [0.25, 0.3) is 0 Å². The van der Waals surface area contributed by atoms with E-state index in [1.807, 2.05) is 20.8 Å². The highest BCUT2D eigenvalue weighted by atomic mass is 16.3. The van der Waals surface area contributed by atoms with Gasteiger partial charge in [-0.1, -0.05) is 20.8 Å². The Morgan fingerprint density at radius 2 is 1.80 bits per heavy atom. The number of carbonyl (C=O) groups excluding carboxylic acids is 1. The van der Waals surface area contributed by atoms with E-state index in [1.54, 1.807) is 4.90 Å². The Bertz CT molecular complexity index is 181. The lowest BCUT2D eigenvalue weighted by Gasteiger charge is -2.31. The van der Waals surface area contributed by atoms with Crippen LogP contribution >= 0.6 is 0 Å². The molecule has 0 aliphatic rings. The van der Waals surface area contributed by atoms with Crippen molar-refractivity contribution in [3.63, 3.8) is 0 Å². The van der Waals surface area contributed by atoms with Crippen LogP contribution in [0.3, 0.4) is 0 Å². The average molecular weight is 216 g/mol. The molecule has 3 N–H and O–H groups in total. The third kappa shape index (κ3) is 4.18. The zero-order valence-corrected chi connectivity index (χ0v) is 10.1. The number of nitrogens with zero attached hydrogens (tertiary/aromatic N) is 1. The number of nitrogens with two attached hydrogens (primary N) is 1. The molecule has 0 heterocycles. The van der Waals surface area contributed by atoms with Crippen LogP contribution in [0.1, 0.15) is 40.0 Å². The molecule has 0 saturated heterocycles. The summed E-state index contributed by atoms with van der Waals surface area (Å²) in [4.78, 5) is 13.6. The molecule has 0 fully saturated rings. The molecule has 0 bridgehead atoms. The van der Waals surface area contributed by atoms with Crippen molar-refractivity contribution in [2.75, 3.05) is 13.2 Å². The summed E-state index contributed by atoms with van der Waals surface area (Å²) in [7, 11) is 0. The second-order valence-corrected chi connectivity index (χ2v) is 3.74. The van der Waals surface area contributed by atoms with Gasteiger partial charge in [0.2, 0.25) is 5.91 Å². The first kappa shape index (κ1) is 14.4. The molecule has 1 atom stereocenters. The van der Waals surface area contributed by atoms with Crippen LogP contribution in [-0.2, 0) is 4.79 Å². The van der Waals surface area contributed by atoms with Gasteiger partial charge in [-0.15, -0.1) is 0 Å². The number of hydrogen-bond donors (Lipinski definition) is 2. The van der Waals surface area contributed by atoms with Crippen LogP contribution in [0, 0.1) is 0 Å². The molecule has 0 aromatic rings. The summed E-state index contributed by atoms with van der Waals surface area (Å²) in [5, 5.41) is 8.95. The lowest BCUT2D eigenvalue weighted by atomic mass is 10.1. The molecule has 4 nitrogen and oxygen atoms in total. The molecular formula is C11H24N2O2. The summed E-state index contributed by atoms with van der Waals surface area (Å²) in [6, 6.07) is -0.237. The summed E-state index contributed by atoms with van der Waals surface area (Å²) in [5.74, 6) is -0.0414. The van der Waals surface area contributed by atoms with Gasteiger partial charge in [0, 0.05) is 12.6 Å². The fraction of sp³-hybridized carbons (Fsp3) is 0.909. The highest BCUT2D eigenvalue weighted by molar-refractivity contribution is 5.81. The number of aliphatic hydroxyl groups is 1. The van der Waals surface area contributed by atoms with Crippen molar-refractivity contribution in [3.05, 3.63) is 0 Å². The molecule has 15 heavy (non-hydrogen) atoms. The Balaban J connectivity index is 4.55. The van der Waals surface area contributed by atoms with Gasteiger partial charge in [-0.05, 0) is 19.3 Å². The van der Waals surface area contributed by atoms with Gasteiger partial charge in [-0.2, -0.15) is 0 Å². The molecule has 0 aromatic heterocycles. The average Bonchev–Trinajstić information content (AvgIpc) is 2.27. The lowest BCUT2D eigenvalue weighted by Crippen LogP contribution is -2.49. The second kappa shape index (κ2) is 7.65. The molecule has 0 aliphatic carbocycles. The van der Waals surface area contributed by atoms with Crippen molar-refractivity contribution in [2.24, 2.45) is 5.73 Å². The van der Waals surface area contributed by atoms with E-state index in [2.05, 4.69) is 0 Å². The first-order chi connectivity index (χ1) is 7.12. The SMILES string of the molecule is CCC(N)C(=O)N(CCO)C(CC)CC. The molecule has 0 saturated carbocycles. The first-order valence-corrected chi connectivity index (χ1v) is 5.79. The normalized spacial score (nSPS) is 12.9. The number of hydrogen-bond acceptors (Lipinski definition) is 3. The molecular weight excluding hydrogens is 192 g/mol. The van der Waals surface area contributed by atoms with Crippen molar-refractivity contribution in [2.45, 2.75) is 52.1 Å². The summed E-state index contributed by atoms with van der Waals surface area (Å²) in [6.07, 6.45) is 2.44. The lowest BCUT2D eigenvalue weighted by molar-refractivity contribution is -0.135. The van der Waals surface area contributed by atoms with E-state index in [1.165, 1.54) is 0 Å². The monoisotopic (exact) mass is 216 g/mol. The van der Waals surface area contributed by atoms with Gasteiger partial charge in [-0.25, -0.2) is 0 Å². The number of amides is 1. The van der Waals surface area contributed by atoms with E-state index >= 15 is 0 Å². The standard InChI is InChI=1S/C11H24N2O2/c1-4-9(5-2)13(7-8-14)11(15)10(12)6-3/h9-10,14H,4-8,12H2,1-3H3. The molecule has 0 radical (unpaired) electrons. The quantitative estimate of drug-likeness (QED) is 0.659. The predicted molar refractivity (Wildman–Crippen MR) is 61.4 cm³/mol. The Hall–Kier alpha value is -0.610. The minimum atomic E-state index is -0.433. The largest absolute Gasteiger partial charge is 0.395 e. The van der Waals surface area contributed by atoms with E-state index in [0.29, 0.717) is 13.0 Å². The van der Waals surface area contributed by atoms with Crippen LogP contribution in [0.5, 0.6) is 0 Å². The third-order valence-electron chi connectivity index (χ3n) is 2.76. The van der Waals surface area contributed by atoms with Crippen molar-refractivity contribution >= 4 is 5.91 Å². The van der Waals surface area contributed by atoms with Gasteiger partial charge < -0.3 is 15.7 Å². The summed E-state index contributed by atoms with van der Waals surface area (Å²) in [5.41, 5.74) is 5.72. The Labute approximate surface area is 92.4 Å². The zero-order chi connectivity index (χ0) is 11.8. The molecule has 90 valence electrons. The molecule has 0 aliphatic heterocycles. The van der Waals surface area contributed by atoms with E-state index < -0.39 is 6.04 Å². The van der Waals surface area contributed by atoms with Crippen molar-refractivity contribution in [1.29, 1.82) is 0 Å². The number of aliphatic hydroxyl groups excluding tert-OH is 1. The summed E-state index contributed by atoms with van der Waals surface area (Å²) >= 11 is 0. The maximum Gasteiger partial charge on any atom is 0.239 e. The van der Waals surface area contributed by atoms with Crippen LogP contribution in [0.2, 0.25) is 0 Å². The van der Waals surface area contributed by atoms with Crippen molar-refractivity contribution in [1.82, 2.24) is 4.90 Å². The summed E-state index contributed by atoms with van der Waals surface area (Å²) in [6.45, 7) is 6.37. The maximum atomic E-state index is 11.9. The smallest absolute Gasteiger partial charge is 0.239 e. The second-order valence-electron chi connectivity index (χ2n) is 3.74. The van der Waals surface area contributed by atoms with Gasteiger partial charge in [0.05, 0.1) is 12.6 Å². The zero-order valence-electron chi connectivity index (χ0n) is 10.1. The molecule has 1 unspecified atom stereocenters. The third-order valence-corrected chi connectivity index (χ3v) is 2.76. The van der Waals surface area contributed by atoms with Crippen LogP contribution in [-0.4, -0.2) is 41.1 Å². The Kier molecular flexibility index (Phi) is 7.34. The minimum Gasteiger partial charge on any atom is -0.395 e. The van der Waals surface area contributed by atoms with Gasteiger partial charge >= 0.3 is 0 Å². The molecule has 0 aromatic carbocycles. The highest BCUT2D eigenvalue weighted by Crippen LogP contribution is 2.10. The number of carbonyl (C=O) groups is 1. The van der Waals surface area contributed by atoms with E-state index in [4.69, 9.17) is 10.8 Å². The number of rotatable bonds is 7. The highest BCUT2D eigenvalue weighted by Gasteiger charge is 2.24. The van der Waals surface area contributed by atoms with Crippen LogP contribution in [0.15, 0.2) is 0 Å². The fourth-order valence-electron chi connectivity index (χ4n) is 1.70. The van der Waals surface area contributed by atoms with E-state index in [-0.39, 0.29) is 18.6 Å². The Morgan fingerprint density at radius 3 is 2.13 bits per heavy atom. The molecule has 0 spiro atoms.